The molecule has 1 aliphatic heterocycles. The Hall–Kier alpha value is -2.89. The molecule has 1 aromatic carbocycles. The molecule has 0 aliphatic carbocycles. The molecular formula is C22H27N3O3. The lowest BCUT2D eigenvalue weighted by Crippen LogP contribution is -2.36. The van der Waals surface area contributed by atoms with Crippen molar-refractivity contribution in [3.63, 3.8) is 0 Å². The molecular weight excluding hydrogens is 354 g/mol. The van der Waals surface area contributed by atoms with Gasteiger partial charge in [0.05, 0.1) is 11.7 Å². The Morgan fingerprint density at radius 1 is 1.14 bits per heavy atom. The number of nitrogens with zero attached hydrogens (tertiary/aromatic N) is 3. The van der Waals surface area contributed by atoms with Gasteiger partial charge in [-0.3, -0.25) is 4.79 Å². The highest BCUT2D eigenvalue weighted by Gasteiger charge is 2.34. The highest BCUT2D eigenvalue weighted by Crippen LogP contribution is 2.38. The molecule has 2 amide bonds. The van der Waals surface area contributed by atoms with Crippen LogP contribution < -0.4 is 4.90 Å². The lowest BCUT2D eigenvalue weighted by atomic mass is 10.0. The van der Waals surface area contributed by atoms with Crippen LogP contribution in [-0.2, 0) is 9.53 Å². The lowest BCUT2D eigenvalue weighted by molar-refractivity contribution is -0.129. The van der Waals surface area contributed by atoms with Crippen LogP contribution in [0.15, 0.2) is 48.7 Å². The van der Waals surface area contributed by atoms with Gasteiger partial charge in [0, 0.05) is 25.2 Å². The Bertz CT molecular complexity index is 846. The zero-order valence-corrected chi connectivity index (χ0v) is 16.9. The summed E-state index contributed by atoms with van der Waals surface area (Å²) in [6, 6.07) is 13.0. The van der Waals surface area contributed by atoms with Crippen molar-refractivity contribution in [1.82, 2.24) is 9.88 Å². The molecule has 3 rings (SSSR count). The van der Waals surface area contributed by atoms with Gasteiger partial charge in [0.2, 0.25) is 5.91 Å². The third-order valence-corrected chi connectivity index (χ3v) is 4.64. The molecule has 28 heavy (non-hydrogen) atoms. The summed E-state index contributed by atoms with van der Waals surface area (Å²) in [5, 5.41) is 0. The predicted molar refractivity (Wildman–Crippen MR) is 108 cm³/mol. The number of ether oxygens (including phenoxy) is 1. The number of likely N-dealkylation sites (tertiary alicyclic amines) is 1. The van der Waals surface area contributed by atoms with Gasteiger partial charge in [0.15, 0.2) is 0 Å². The van der Waals surface area contributed by atoms with Gasteiger partial charge in [-0.15, -0.1) is 0 Å². The van der Waals surface area contributed by atoms with Crippen molar-refractivity contribution < 1.29 is 14.3 Å². The van der Waals surface area contributed by atoms with Crippen molar-refractivity contribution in [2.24, 2.45) is 0 Å². The zero-order valence-electron chi connectivity index (χ0n) is 16.9. The van der Waals surface area contributed by atoms with E-state index in [1.54, 1.807) is 13.1 Å². The van der Waals surface area contributed by atoms with Gasteiger partial charge >= 0.3 is 6.09 Å². The van der Waals surface area contributed by atoms with E-state index in [4.69, 9.17) is 4.74 Å². The molecule has 1 saturated heterocycles. The molecule has 1 fully saturated rings. The smallest absolute Gasteiger partial charge is 0.420 e. The SMILES string of the molecule is CC(=O)N1CCC[C@@H]1c1cccnc1N(C(=O)OC(C)(C)C)c1ccccc1. The maximum atomic E-state index is 13.1. The van der Waals surface area contributed by atoms with Crippen molar-refractivity contribution in [3.8, 4) is 0 Å². The van der Waals surface area contributed by atoms with Crippen molar-refractivity contribution in [2.75, 3.05) is 11.4 Å². The monoisotopic (exact) mass is 381 g/mol. The van der Waals surface area contributed by atoms with E-state index >= 15 is 0 Å². The number of pyridine rings is 1. The summed E-state index contributed by atoms with van der Waals surface area (Å²) in [5.74, 6) is 0.530. The first-order valence-electron chi connectivity index (χ1n) is 9.58. The van der Waals surface area contributed by atoms with Crippen molar-refractivity contribution >= 4 is 23.5 Å². The minimum atomic E-state index is -0.641. The lowest BCUT2D eigenvalue weighted by Gasteiger charge is -2.31. The predicted octanol–water partition coefficient (Wildman–Crippen LogP) is 4.84. The summed E-state index contributed by atoms with van der Waals surface area (Å²) in [6.45, 7) is 7.80. The van der Waals surface area contributed by atoms with Gasteiger partial charge in [-0.2, -0.15) is 0 Å². The van der Waals surface area contributed by atoms with E-state index in [9.17, 15) is 9.59 Å². The van der Waals surface area contributed by atoms with Crippen molar-refractivity contribution in [3.05, 3.63) is 54.2 Å². The number of aromatic nitrogens is 1. The van der Waals surface area contributed by atoms with Crippen LogP contribution in [0.2, 0.25) is 0 Å². The van der Waals surface area contributed by atoms with Crippen LogP contribution in [0.3, 0.4) is 0 Å². The number of rotatable bonds is 3. The molecule has 0 spiro atoms. The number of carbonyl (C=O) groups is 2. The topological polar surface area (TPSA) is 62.7 Å². The maximum Gasteiger partial charge on any atom is 0.420 e. The summed E-state index contributed by atoms with van der Waals surface area (Å²) in [5.41, 5.74) is 0.881. The standard InChI is InChI=1S/C22H27N3O3/c1-16(26)24-15-9-13-19(24)18-12-8-14-23-20(18)25(17-10-6-5-7-11-17)21(27)28-22(2,3)4/h5-8,10-12,14,19H,9,13,15H2,1-4H3/t19-/m1/s1. The molecule has 0 N–H and O–H groups in total. The summed E-state index contributed by atoms with van der Waals surface area (Å²) in [7, 11) is 0. The van der Waals surface area contributed by atoms with Crippen LogP contribution in [-0.4, -0.2) is 34.0 Å². The molecule has 148 valence electrons. The first-order chi connectivity index (χ1) is 13.3. The number of para-hydroxylation sites is 1. The average Bonchev–Trinajstić information content (AvgIpc) is 3.12. The number of amides is 2. The van der Waals surface area contributed by atoms with Crippen LogP contribution in [0.5, 0.6) is 0 Å². The zero-order chi connectivity index (χ0) is 20.3. The van der Waals surface area contributed by atoms with Gasteiger partial charge in [0.25, 0.3) is 0 Å². The summed E-state index contributed by atoms with van der Waals surface area (Å²) >= 11 is 0. The van der Waals surface area contributed by atoms with Crippen molar-refractivity contribution in [1.29, 1.82) is 0 Å². The van der Waals surface area contributed by atoms with Crippen molar-refractivity contribution in [2.45, 2.75) is 52.2 Å². The Morgan fingerprint density at radius 2 is 1.86 bits per heavy atom. The first kappa shape index (κ1) is 19.9. The van der Waals surface area contributed by atoms with Gasteiger partial charge in [-0.1, -0.05) is 24.3 Å². The Labute approximate surface area is 166 Å². The van der Waals surface area contributed by atoms with Gasteiger partial charge in [-0.05, 0) is 51.8 Å². The fraction of sp³-hybridized carbons (Fsp3) is 0.409. The van der Waals surface area contributed by atoms with E-state index in [0.717, 1.165) is 18.4 Å². The van der Waals surface area contributed by atoms with Crippen LogP contribution in [0.4, 0.5) is 16.3 Å². The van der Waals surface area contributed by atoms with Crippen LogP contribution in [0.25, 0.3) is 0 Å². The van der Waals surface area contributed by atoms with Crippen LogP contribution >= 0.6 is 0 Å². The molecule has 6 heteroatoms. The first-order valence-corrected chi connectivity index (χ1v) is 9.58. The fourth-order valence-electron chi connectivity index (χ4n) is 3.52. The molecule has 0 saturated carbocycles. The molecule has 2 aromatic rings. The number of carbonyl (C=O) groups excluding carboxylic acids is 2. The summed E-state index contributed by atoms with van der Waals surface area (Å²) < 4.78 is 5.67. The number of anilines is 2. The van der Waals surface area contributed by atoms with E-state index in [2.05, 4.69) is 4.98 Å². The highest BCUT2D eigenvalue weighted by molar-refractivity contribution is 5.96. The minimum Gasteiger partial charge on any atom is -0.443 e. The summed E-state index contributed by atoms with van der Waals surface area (Å²) in [4.78, 5) is 33.1. The second-order valence-corrected chi connectivity index (χ2v) is 7.94. The maximum absolute atomic E-state index is 13.1. The Morgan fingerprint density at radius 3 is 2.50 bits per heavy atom. The van der Waals surface area contributed by atoms with Gasteiger partial charge in [-0.25, -0.2) is 14.7 Å². The molecule has 1 aromatic heterocycles. The van der Waals surface area contributed by atoms with Gasteiger partial charge in [0.1, 0.15) is 11.4 Å². The fourth-order valence-corrected chi connectivity index (χ4v) is 3.52. The Kier molecular flexibility index (Phi) is 5.68. The second-order valence-electron chi connectivity index (χ2n) is 7.94. The molecule has 1 aliphatic rings. The largest absolute Gasteiger partial charge is 0.443 e. The van der Waals surface area contributed by atoms with E-state index in [1.165, 1.54) is 4.90 Å². The van der Waals surface area contributed by atoms with E-state index in [1.807, 2.05) is 68.1 Å². The molecule has 0 bridgehead atoms. The van der Waals surface area contributed by atoms with Gasteiger partial charge < -0.3 is 9.64 Å². The van der Waals surface area contributed by atoms with Crippen LogP contribution in [0, 0.1) is 0 Å². The third-order valence-electron chi connectivity index (χ3n) is 4.64. The molecule has 0 radical (unpaired) electrons. The average molecular weight is 381 g/mol. The molecule has 1 atom stereocenters. The highest BCUT2D eigenvalue weighted by atomic mass is 16.6. The number of hydrogen-bond donors (Lipinski definition) is 0. The molecule has 0 unspecified atom stereocenters. The van der Waals surface area contributed by atoms with E-state index in [-0.39, 0.29) is 11.9 Å². The Balaban J connectivity index is 2.09. The summed E-state index contributed by atoms with van der Waals surface area (Å²) in [6.07, 6.45) is 2.93. The third kappa shape index (κ3) is 4.32. The number of benzene rings is 1. The quantitative estimate of drug-likeness (QED) is 0.763. The minimum absolute atomic E-state index is 0.0285. The molecule has 2 heterocycles. The second kappa shape index (κ2) is 8.00. The van der Waals surface area contributed by atoms with E-state index in [0.29, 0.717) is 18.1 Å². The number of hydrogen-bond acceptors (Lipinski definition) is 4. The normalized spacial score (nSPS) is 16.7. The molecule has 6 nitrogen and oxygen atoms in total. The van der Waals surface area contributed by atoms with E-state index < -0.39 is 11.7 Å². The van der Waals surface area contributed by atoms with Crippen LogP contribution in [0.1, 0.15) is 52.1 Å².